The lowest BCUT2D eigenvalue weighted by molar-refractivity contribution is -0.144. The van der Waals surface area contributed by atoms with Gasteiger partial charge in [-0.05, 0) is 83.8 Å². The minimum atomic E-state index is -3.50. The molecule has 6 heterocycles. The molecule has 3 fully saturated rings. The van der Waals surface area contributed by atoms with Crippen LogP contribution in [0.15, 0.2) is 109 Å². The van der Waals surface area contributed by atoms with Crippen molar-refractivity contribution in [3.8, 4) is 21.6 Å². The molecule has 0 spiro atoms. The fourth-order valence-corrected chi connectivity index (χ4v) is 12.6. The Balaban J connectivity index is 0.714. The Hall–Kier alpha value is -7.50. The fraction of sp³-hybridized carbons (Fsp3) is 0.367. The number of fused-ring (bicyclic) bond motifs is 1. The molecule has 82 heavy (non-hydrogen) atoms. The summed E-state index contributed by atoms with van der Waals surface area (Å²) in [6, 6.07) is 24.9. The second-order valence-electron chi connectivity index (χ2n) is 22.4. The highest BCUT2D eigenvalue weighted by Gasteiger charge is 2.45. The zero-order valence-electron chi connectivity index (χ0n) is 46.1. The number of pyridine rings is 1. The number of rotatable bonds is 17. The first-order valence-electron chi connectivity index (χ1n) is 27.3. The number of thiazole rings is 1. The molecule has 22 heteroatoms. The van der Waals surface area contributed by atoms with Gasteiger partial charge in [0, 0.05) is 86.8 Å². The molecule has 7 aromatic rings. The van der Waals surface area contributed by atoms with Crippen molar-refractivity contribution in [2.45, 2.75) is 90.8 Å². The number of carbonyl (C=O) groups is 4. The Labute approximate surface area is 479 Å². The van der Waals surface area contributed by atoms with E-state index in [0.29, 0.717) is 27.6 Å². The summed E-state index contributed by atoms with van der Waals surface area (Å²) in [5.41, 5.74) is 6.99. The van der Waals surface area contributed by atoms with Crippen LogP contribution in [0, 0.1) is 24.0 Å². The number of aliphatic hydroxyl groups excluding tert-OH is 1. The van der Waals surface area contributed by atoms with Gasteiger partial charge in [0.1, 0.15) is 35.4 Å². The standard InChI is InChI=1S/C60H65F3N10O7S2/c1-35(39-10-12-41(13-11-39)55-36(2)66-34-81-55)67-58(77)50-28-45(74)33-72(50)59(78)56(60(3,4)5)68-51(75)26-37-6-8-38(9-7-37)31-69-22-24-70(25-23-69)44-16-14-40(15-17-44)42-27-46-47(30-65-57(46)64-29-42)54(76)52-48(62)18-19-49(53(52)63)73(82(79)80)71-21-20-43(61)32-71/h6-19,27,29-30,34-35,43,45,50,56,74,82H,20-26,28,31-33H2,1-5H3,(H,64,65)(H,67,77)(H,68,75)/t35-,43+,45+,50-,56+/m0/s1. The molecule has 0 bridgehead atoms. The Morgan fingerprint density at radius 3 is 2.21 bits per heavy atom. The summed E-state index contributed by atoms with van der Waals surface area (Å²) in [5, 5.41) is 18.2. The van der Waals surface area contributed by atoms with Crippen molar-refractivity contribution in [3.05, 3.63) is 154 Å². The molecule has 0 unspecified atom stereocenters. The minimum absolute atomic E-state index is 0.00879. The summed E-state index contributed by atoms with van der Waals surface area (Å²) in [7, 11) is -3.50. The number of hydrogen-bond donors (Lipinski definition) is 5. The molecule has 4 N–H and O–H groups in total. The second-order valence-corrected chi connectivity index (χ2v) is 24.1. The highest BCUT2D eigenvalue weighted by atomic mass is 32.2. The van der Waals surface area contributed by atoms with Gasteiger partial charge < -0.3 is 30.5 Å². The SMILES string of the molecule is Cc1ncsc1-c1ccc([C@H](C)NC(=O)[C@@H]2C[C@@H](O)CN2C(=O)[C@@H](NC(=O)Cc2ccc(CN3CCN(c4ccc(-c5cnc6[nH]cc(C(=O)c7c(F)ccc(N(N8CC[C@@H](F)C8)[SH](=O)=O)c7F)c6c5)cc4)CC3)cc2)C(C)(C)C)cc1. The molecule has 0 radical (unpaired) electrons. The first kappa shape index (κ1) is 57.7. The summed E-state index contributed by atoms with van der Waals surface area (Å²) in [4.78, 5) is 74.5. The van der Waals surface area contributed by atoms with E-state index in [-0.39, 0.29) is 62.3 Å². The first-order valence-corrected chi connectivity index (χ1v) is 29.3. The number of halogens is 3. The number of benzene rings is 4. The van der Waals surface area contributed by atoms with Crippen molar-refractivity contribution < 1.29 is 45.9 Å². The van der Waals surface area contributed by atoms with Crippen LogP contribution in [-0.2, 0) is 38.2 Å². The van der Waals surface area contributed by atoms with Crippen molar-refractivity contribution in [2.75, 3.05) is 55.1 Å². The predicted molar refractivity (Wildman–Crippen MR) is 309 cm³/mol. The highest BCUT2D eigenvalue weighted by Crippen LogP contribution is 2.34. The van der Waals surface area contributed by atoms with Crippen molar-refractivity contribution in [3.63, 3.8) is 0 Å². The van der Waals surface area contributed by atoms with Crippen LogP contribution in [0.25, 0.3) is 32.6 Å². The molecule has 430 valence electrons. The molecule has 17 nitrogen and oxygen atoms in total. The number of amides is 3. The van der Waals surface area contributed by atoms with Gasteiger partial charge in [-0.15, -0.1) is 11.3 Å². The number of nitrogens with zero attached hydrogens (tertiary/aromatic N) is 7. The van der Waals surface area contributed by atoms with Gasteiger partial charge in [0.15, 0.2) is 5.82 Å². The van der Waals surface area contributed by atoms with Gasteiger partial charge in [-0.3, -0.25) is 24.1 Å². The maximum Gasteiger partial charge on any atom is 0.246 e. The van der Waals surface area contributed by atoms with Crippen LogP contribution in [0.3, 0.4) is 0 Å². The van der Waals surface area contributed by atoms with E-state index in [9.17, 15) is 37.1 Å². The van der Waals surface area contributed by atoms with Crippen LogP contribution in [0.2, 0.25) is 0 Å². The number of thiol groups is 1. The van der Waals surface area contributed by atoms with Crippen LogP contribution in [0.4, 0.5) is 24.5 Å². The molecule has 0 saturated carbocycles. The number of β-amino-alcohol motifs (C(OH)–C–C–N with tert-alkyl or cyclic N) is 1. The molecule has 0 aliphatic carbocycles. The van der Waals surface area contributed by atoms with Crippen LogP contribution in [-0.4, -0.2) is 137 Å². The number of H-pyrrole nitrogens is 1. The molecule has 4 aromatic carbocycles. The third kappa shape index (κ3) is 12.5. The number of carbonyl (C=O) groups excluding carboxylic acids is 4. The van der Waals surface area contributed by atoms with Gasteiger partial charge in [0.2, 0.25) is 34.4 Å². The number of aryl methyl sites for hydroxylation is 1. The number of nitrogens with one attached hydrogen (secondary N) is 3. The van der Waals surface area contributed by atoms with E-state index in [0.717, 1.165) is 87.4 Å². The van der Waals surface area contributed by atoms with Crippen molar-refractivity contribution in [1.29, 1.82) is 0 Å². The van der Waals surface area contributed by atoms with Gasteiger partial charge in [-0.2, -0.15) is 4.41 Å². The average molecular weight is 1160 g/mol. The number of alkyl halides is 1. The van der Waals surface area contributed by atoms with Crippen LogP contribution in [0.1, 0.15) is 84.9 Å². The Bertz CT molecular complexity index is 3580. The quantitative estimate of drug-likeness (QED) is 0.0440. The maximum atomic E-state index is 16.1. The number of likely N-dealkylation sites (tertiary alicyclic amines) is 1. The van der Waals surface area contributed by atoms with Crippen LogP contribution >= 0.6 is 11.3 Å². The van der Waals surface area contributed by atoms with Gasteiger partial charge >= 0.3 is 0 Å². The Kier molecular flexibility index (Phi) is 17.0. The zero-order chi connectivity index (χ0) is 58.1. The lowest BCUT2D eigenvalue weighted by Crippen LogP contribution is -2.58. The third-order valence-electron chi connectivity index (χ3n) is 15.6. The average Bonchev–Trinajstić information content (AvgIpc) is 4.35. The van der Waals surface area contributed by atoms with Gasteiger partial charge in [0.05, 0.1) is 46.8 Å². The summed E-state index contributed by atoms with van der Waals surface area (Å²) in [6.07, 6.45) is 0.871. The van der Waals surface area contributed by atoms with Gasteiger partial charge in [0.25, 0.3) is 0 Å². The van der Waals surface area contributed by atoms with Crippen LogP contribution in [0.5, 0.6) is 0 Å². The van der Waals surface area contributed by atoms with E-state index >= 15 is 8.78 Å². The largest absolute Gasteiger partial charge is 0.391 e. The van der Waals surface area contributed by atoms with Gasteiger partial charge in [-0.1, -0.05) is 81.4 Å². The molecule has 3 saturated heterocycles. The topological polar surface area (TPSA) is 204 Å². The fourth-order valence-electron chi connectivity index (χ4n) is 11.1. The number of aromatic nitrogens is 3. The molecule has 5 atom stereocenters. The minimum Gasteiger partial charge on any atom is -0.391 e. The summed E-state index contributed by atoms with van der Waals surface area (Å²) in [5.74, 6) is -4.73. The van der Waals surface area contributed by atoms with E-state index in [1.165, 1.54) is 11.1 Å². The second kappa shape index (κ2) is 24.1. The molecular formula is C60H65F3N10O7S2. The smallest absolute Gasteiger partial charge is 0.246 e. The van der Waals surface area contributed by atoms with Crippen molar-refractivity contribution in [2.24, 2.45) is 5.41 Å². The number of hydrazine groups is 1. The summed E-state index contributed by atoms with van der Waals surface area (Å²) < 4.78 is 70.5. The van der Waals surface area contributed by atoms with E-state index < -0.39 is 75.2 Å². The molecular weight excluding hydrogens is 1090 g/mol. The van der Waals surface area contributed by atoms with E-state index in [2.05, 4.69) is 35.4 Å². The molecule has 3 amide bonds. The number of aromatic amines is 1. The monoisotopic (exact) mass is 1160 g/mol. The molecule has 10 rings (SSSR count). The van der Waals surface area contributed by atoms with Crippen molar-refractivity contribution in [1.82, 2.24) is 40.4 Å². The molecule has 3 aliphatic heterocycles. The maximum absolute atomic E-state index is 16.1. The van der Waals surface area contributed by atoms with Crippen molar-refractivity contribution >= 4 is 68.1 Å². The Morgan fingerprint density at radius 2 is 1.56 bits per heavy atom. The number of ketones is 1. The Morgan fingerprint density at radius 1 is 0.866 bits per heavy atom. The highest BCUT2D eigenvalue weighted by molar-refractivity contribution is 7.73. The molecule has 3 aliphatic rings. The van der Waals surface area contributed by atoms with E-state index in [1.54, 1.807) is 23.6 Å². The number of aliphatic hydroxyl groups is 1. The number of piperazine rings is 1. The summed E-state index contributed by atoms with van der Waals surface area (Å²) in [6.45, 7) is 12.9. The first-order chi connectivity index (χ1) is 39.2. The lowest BCUT2D eigenvalue weighted by atomic mass is 9.85. The number of hydrogen-bond acceptors (Lipinski definition) is 13. The van der Waals surface area contributed by atoms with E-state index in [1.807, 2.05) is 113 Å². The normalized spacial score (nSPS) is 18.7. The number of anilines is 2. The van der Waals surface area contributed by atoms with Crippen LogP contribution < -0.4 is 19.9 Å². The third-order valence-corrected chi connectivity index (χ3v) is 17.4. The zero-order valence-corrected chi connectivity index (χ0v) is 47.8. The van der Waals surface area contributed by atoms with E-state index in [4.69, 9.17) is 0 Å². The predicted octanol–water partition coefficient (Wildman–Crippen LogP) is 7.70. The van der Waals surface area contributed by atoms with Gasteiger partial charge in [-0.25, -0.2) is 36.6 Å². The summed E-state index contributed by atoms with van der Waals surface area (Å²) >= 11 is 1.57. The lowest BCUT2D eigenvalue weighted by Gasteiger charge is -2.36. The molecule has 3 aromatic heterocycles.